The lowest BCUT2D eigenvalue weighted by Crippen LogP contribution is -2.43. The van der Waals surface area contributed by atoms with Crippen molar-refractivity contribution in [3.63, 3.8) is 0 Å². The minimum Gasteiger partial charge on any atom is -0.347 e. The number of sulfone groups is 1. The molecular weight excluding hydrogens is 424 g/mol. The minimum atomic E-state index is -3.31. The van der Waals surface area contributed by atoms with Crippen LogP contribution in [0.3, 0.4) is 0 Å². The topological polar surface area (TPSA) is 101 Å². The van der Waals surface area contributed by atoms with E-state index in [2.05, 4.69) is 5.32 Å². The molecule has 1 unspecified atom stereocenters. The lowest BCUT2D eigenvalue weighted by atomic mass is 10.2. The van der Waals surface area contributed by atoms with E-state index >= 15 is 0 Å². The van der Waals surface area contributed by atoms with Crippen molar-refractivity contribution in [3.05, 3.63) is 63.4 Å². The van der Waals surface area contributed by atoms with Crippen molar-refractivity contribution < 1.29 is 22.8 Å². The van der Waals surface area contributed by atoms with Gasteiger partial charge in [0.25, 0.3) is 11.1 Å². The molecule has 1 atom stereocenters. The normalized spacial score (nSPS) is 22.9. The van der Waals surface area contributed by atoms with Gasteiger partial charge in [-0.3, -0.25) is 19.3 Å². The fraction of sp³-hybridized carbons (Fsp3) is 0.167. The molecule has 28 heavy (non-hydrogen) atoms. The summed E-state index contributed by atoms with van der Waals surface area (Å²) in [5.74, 6) is -1.49. The standard InChI is InChI=1S/C18H15ClN2O5S2/c19-13(8-12-4-2-1-3-5-12)9-15-17(23)21(18(24)27-15)10-16(22)20-14-6-7-28(25,26)11-14/h1-9,14H,10-11H2,(H,20,22). The summed E-state index contributed by atoms with van der Waals surface area (Å²) >= 11 is 6.84. The number of nitrogens with zero attached hydrogens (tertiary/aromatic N) is 1. The molecule has 10 heteroatoms. The smallest absolute Gasteiger partial charge is 0.294 e. The van der Waals surface area contributed by atoms with Crippen LogP contribution in [0.5, 0.6) is 0 Å². The quantitative estimate of drug-likeness (QED) is 0.708. The van der Waals surface area contributed by atoms with Crippen LogP contribution in [0.2, 0.25) is 0 Å². The Bertz CT molecular complexity index is 1020. The first-order valence-electron chi connectivity index (χ1n) is 8.11. The second-order valence-electron chi connectivity index (χ2n) is 6.04. The molecule has 3 amide bonds. The summed E-state index contributed by atoms with van der Waals surface area (Å²) in [6.07, 6.45) is 4.38. The number of thioether (sulfide) groups is 1. The number of rotatable bonds is 5. The van der Waals surface area contributed by atoms with Crippen molar-refractivity contribution >= 4 is 56.3 Å². The number of benzene rings is 1. The Labute approximate surface area is 171 Å². The van der Waals surface area contributed by atoms with Gasteiger partial charge in [-0.15, -0.1) is 0 Å². The first-order chi connectivity index (χ1) is 13.2. The predicted octanol–water partition coefficient (Wildman–Crippen LogP) is 2.27. The first-order valence-corrected chi connectivity index (χ1v) is 11.0. The van der Waals surface area contributed by atoms with Crippen LogP contribution in [0.25, 0.3) is 6.08 Å². The lowest BCUT2D eigenvalue weighted by molar-refractivity contribution is -0.129. The monoisotopic (exact) mass is 438 g/mol. The molecule has 0 saturated carbocycles. The van der Waals surface area contributed by atoms with Gasteiger partial charge in [0, 0.05) is 10.4 Å². The van der Waals surface area contributed by atoms with Crippen LogP contribution < -0.4 is 5.32 Å². The van der Waals surface area contributed by atoms with E-state index < -0.39 is 39.5 Å². The Morgan fingerprint density at radius 3 is 2.64 bits per heavy atom. The third kappa shape index (κ3) is 5.12. The van der Waals surface area contributed by atoms with E-state index in [9.17, 15) is 22.8 Å². The molecule has 7 nitrogen and oxygen atoms in total. The molecule has 1 aromatic rings. The third-order valence-corrected chi connectivity index (χ3v) is 6.35. The maximum absolute atomic E-state index is 12.4. The average Bonchev–Trinajstić information content (AvgIpc) is 3.09. The molecule has 1 saturated heterocycles. The largest absolute Gasteiger partial charge is 0.347 e. The van der Waals surface area contributed by atoms with Crippen LogP contribution in [-0.4, -0.2) is 48.7 Å². The Morgan fingerprint density at radius 1 is 1.29 bits per heavy atom. The highest BCUT2D eigenvalue weighted by Crippen LogP contribution is 2.32. The molecule has 0 spiro atoms. The van der Waals surface area contributed by atoms with E-state index in [1.54, 1.807) is 6.08 Å². The van der Waals surface area contributed by atoms with Gasteiger partial charge >= 0.3 is 0 Å². The van der Waals surface area contributed by atoms with E-state index in [0.29, 0.717) is 11.8 Å². The molecule has 2 aliphatic rings. The fourth-order valence-electron chi connectivity index (χ4n) is 2.57. The van der Waals surface area contributed by atoms with Gasteiger partial charge in [0.2, 0.25) is 5.91 Å². The van der Waals surface area contributed by atoms with Gasteiger partial charge in [0.05, 0.1) is 16.7 Å². The number of hydrogen-bond donors (Lipinski definition) is 1. The van der Waals surface area contributed by atoms with Gasteiger partial charge in [-0.25, -0.2) is 8.42 Å². The van der Waals surface area contributed by atoms with Gasteiger partial charge in [0.15, 0.2) is 9.84 Å². The first kappa shape index (κ1) is 20.4. The van der Waals surface area contributed by atoms with Crippen LogP contribution in [0, 0.1) is 0 Å². The van der Waals surface area contributed by atoms with Crippen LogP contribution >= 0.6 is 23.4 Å². The van der Waals surface area contributed by atoms with E-state index in [-0.39, 0.29) is 15.7 Å². The zero-order valence-corrected chi connectivity index (χ0v) is 16.8. The second kappa shape index (κ2) is 8.34. The highest BCUT2D eigenvalue weighted by molar-refractivity contribution is 8.18. The van der Waals surface area contributed by atoms with Crippen molar-refractivity contribution in [2.75, 3.05) is 12.3 Å². The molecule has 1 N–H and O–H groups in total. The summed E-state index contributed by atoms with van der Waals surface area (Å²) in [7, 11) is -3.31. The lowest BCUT2D eigenvalue weighted by Gasteiger charge is -2.14. The minimum absolute atomic E-state index is 0.110. The van der Waals surface area contributed by atoms with Gasteiger partial charge in [0.1, 0.15) is 6.54 Å². The number of carbonyl (C=O) groups is 3. The number of amides is 3. The highest BCUT2D eigenvalue weighted by Gasteiger charge is 2.37. The van der Waals surface area contributed by atoms with Crippen LogP contribution in [0.15, 0.2) is 57.8 Å². The van der Waals surface area contributed by atoms with Gasteiger partial charge in [-0.2, -0.15) is 0 Å². The highest BCUT2D eigenvalue weighted by atomic mass is 35.5. The van der Waals surface area contributed by atoms with Crippen molar-refractivity contribution in [1.82, 2.24) is 10.2 Å². The summed E-state index contributed by atoms with van der Waals surface area (Å²) in [4.78, 5) is 37.5. The maximum atomic E-state index is 12.4. The molecule has 0 bridgehead atoms. The van der Waals surface area contributed by atoms with Crippen LogP contribution in [0.4, 0.5) is 4.79 Å². The number of imide groups is 1. The molecule has 2 heterocycles. The summed E-state index contributed by atoms with van der Waals surface area (Å²) < 4.78 is 22.7. The SMILES string of the molecule is O=C(CN1C(=O)SC(=CC(Cl)=Cc2ccccc2)C1=O)NC1C=CS(=O)(=O)C1. The molecule has 1 fully saturated rings. The zero-order valence-electron chi connectivity index (χ0n) is 14.4. The van der Waals surface area contributed by atoms with Crippen molar-refractivity contribution in [3.8, 4) is 0 Å². The summed E-state index contributed by atoms with van der Waals surface area (Å²) in [6.45, 7) is -0.494. The van der Waals surface area contributed by atoms with Crippen LogP contribution in [-0.2, 0) is 19.4 Å². The number of allylic oxidation sites excluding steroid dienone is 2. The molecule has 2 aliphatic heterocycles. The fourth-order valence-corrected chi connectivity index (χ4v) is 4.94. The molecule has 0 aliphatic carbocycles. The number of carbonyl (C=O) groups excluding carboxylic acids is 3. The molecular formula is C18H15ClN2O5S2. The van der Waals surface area contributed by atoms with Crippen molar-refractivity contribution in [2.45, 2.75) is 6.04 Å². The van der Waals surface area contributed by atoms with Gasteiger partial charge in [-0.05, 0) is 35.6 Å². The van der Waals surface area contributed by atoms with E-state index in [1.807, 2.05) is 30.3 Å². The molecule has 146 valence electrons. The second-order valence-corrected chi connectivity index (χ2v) is 9.40. The Morgan fingerprint density at radius 2 is 2.00 bits per heavy atom. The van der Waals surface area contributed by atoms with Crippen LogP contribution in [0.1, 0.15) is 5.56 Å². The van der Waals surface area contributed by atoms with E-state index in [0.717, 1.165) is 15.9 Å². The maximum Gasteiger partial charge on any atom is 0.294 e. The molecule has 0 aromatic heterocycles. The Balaban J connectivity index is 1.64. The van der Waals surface area contributed by atoms with Gasteiger partial charge < -0.3 is 5.32 Å². The predicted molar refractivity (Wildman–Crippen MR) is 108 cm³/mol. The number of hydrogen-bond acceptors (Lipinski definition) is 6. The van der Waals surface area contributed by atoms with Crippen molar-refractivity contribution in [1.29, 1.82) is 0 Å². The summed E-state index contributed by atoms with van der Waals surface area (Å²) in [5, 5.41) is 3.18. The van der Waals surface area contributed by atoms with Crippen molar-refractivity contribution in [2.24, 2.45) is 0 Å². The number of halogens is 1. The number of nitrogens with one attached hydrogen (secondary N) is 1. The average molecular weight is 439 g/mol. The van der Waals surface area contributed by atoms with Gasteiger partial charge in [-0.1, -0.05) is 41.9 Å². The Kier molecular flexibility index (Phi) is 6.07. The van der Waals surface area contributed by atoms with E-state index in [1.165, 1.54) is 12.2 Å². The molecule has 1 aromatic carbocycles. The summed E-state index contributed by atoms with van der Waals surface area (Å²) in [6, 6.07) is 8.54. The Hall–Kier alpha value is -2.36. The van der Waals surface area contributed by atoms with E-state index in [4.69, 9.17) is 11.6 Å². The summed E-state index contributed by atoms with van der Waals surface area (Å²) in [5.41, 5.74) is 0.835. The third-order valence-electron chi connectivity index (χ3n) is 3.82. The zero-order chi connectivity index (χ0) is 20.3. The molecule has 0 radical (unpaired) electrons. The molecule has 3 rings (SSSR count).